The Hall–Kier alpha value is -1.84. The number of carbonyl (C=O) groups excluding carboxylic acids is 1. The van der Waals surface area contributed by atoms with E-state index >= 15 is 0 Å². The fourth-order valence-electron chi connectivity index (χ4n) is 1.28. The maximum Gasteiger partial charge on any atom is 0.319 e. The number of pyridine rings is 1. The normalized spacial score (nSPS) is 14.0. The lowest BCUT2D eigenvalue weighted by atomic mass is 10.2. The van der Waals surface area contributed by atoms with Crippen molar-refractivity contribution in [2.75, 3.05) is 6.54 Å². The van der Waals surface area contributed by atoms with Gasteiger partial charge in [-0.2, -0.15) is 0 Å². The summed E-state index contributed by atoms with van der Waals surface area (Å²) in [5.41, 5.74) is 5.14. The van der Waals surface area contributed by atoms with Crippen LogP contribution in [0.15, 0.2) is 18.5 Å². The molecule has 2 rings (SSSR count). The summed E-state index contributed by atoms with van der Waals surface area (Å²) in [6.07, 6.45) is 7.09. The number of fused-ring (bicyclic) bond motifs is 1. The van der Waals surface area contributed by atoms with Gasteiger partial charge in [0.1, 0.15) is 0 Å². The first-order chi connectivity index (χ1) is 6.27. The summed E-state index contributed by atoms with van der Waals surface area (Å²) in [5.74, 6) is 0. The SMILES string of the molecule is NC(=O)N1C=c2cnccc2=CC1. The Bertz CT molecular complexity index is 452. The third-order valence-electron chi connectivity index (χ3n) is 1.97. The van der Waals surface area contributed by atoms with Crippen LogP contribution in [0.5, 0.6) is 0 Å². The predicted octanol–water partition coefficient (Wildman–Crippen LogP) is -1.01. The highest BCUT2D eigenvalue weighted by atomic mass is 16.2. The number of nitrogens with two attached hydrogens (primary N) is 1. The second-order valence-corrected chi connectivity index (χ2v) is 2.83. The van der Waals surface area contributed by atoms with Crippen LogP contribution in [0.3, 0.4) is 0 Å². The number of carbonyl (C=O) groups is 1. The Kier molecular flexibility index (Phi) is 1.73. The molecule has 0 saturated heterocycles. The van der Waals surface area contributed by atoms with Crippen molar-refractivity contribution in [3.63, 3.8) is 0 Å². The highest BCUT2D eigenvalue weighted by Crippen LogP contribution is 1.91. The van der Waals surface area contributed by atoms with Gasteiger partial charge in [0.05, 0.1) is 0 Å². The van der Waals surface area contributed by atoms with Gasteiger partial charge in [-0.05, 0) is 11.3 Å². The molecule has 13 heavy (non-hydrogen) atoms. The molecule has 0 saturated carbocycles. The Morgan fingerprint density at radius 1 is 1.54 bits per heavy atom. The highest BCUT2D eigenvalue weighted by Gasteiger charge is 2.06. The Labute approximate surface area is 75.0 Å². The van der Waals surface area contributed by atoms with E-state index in [2.05, 4.69) is 4.98 Å². The lowest BCUT2D eigenvalue weighted by molar-refractivity contribution is 0.232. The van der Waals surface area contributed by atoms with E-state index in [4.69, 9.17) is 5.73 Å². The van der Waals surface area contributed by atoms with Crippen molar-refractivity contribution >= 4 is 18.3 Å². The molecule has 1 aromatic rings. The van der Waals surface area contributed by atoms with E-state index < -0.39 is 6.03 Å². The van der Waals surface area contributed by atoms with Gasteiger partial charge in [-0.1, -0.05) is 6.08 Å². The Morgan fingerprint density at radius 3 is 3.15 bits per heavy atom. The summed E-state index contributed by atoms with van der Waals surface area (Å²) >= 11 is 0. The zero-order valence-corrected chi connectivity index (χ0v) is 6.97. The zero-order chi connectivity index (χ0) is 9.26. The molecular weight excluding hydrogens is 166 g/mol. The van der Waals surface area contributed by atoms with E-state index in [-0.39, 0.29) is 0 Å². The number of aromatic nitrogens is 1. The second kappa shape index (κ2) is 2.90. The lowest BCUT2D eigenvalue weighted by Crippen LogP contribution is -2.40. The van der Waals surface area contributed by atoms with Crippen LogP contribution in [-0.2, 0) is 0 Å². The predicted molar refractivity (Wildman–Crippen MR) is 48.7 cm³/mol. The second-order valence-electron chi connectivity index (χ2n) is 2.83. The number of primary amides is 1. The molecule has 1 aromatic heterocycles. The average Bonchev–Trinajstić information content (AvgIpc) is 2.17. The van der Waals surface area contributed by atoms with Crippen LogP contribution in [0.1, 0.15) is 0 Å². The fourth-order valence-corrected chi connectivity index (χ4v) is 1.28. The topological polar surface area (TPSA) is 59.2 Å². The van der Waals surface area contributed by atoms with Crippen molar-refractivity contribution in [2.24, 2.45) is 5.73 Å². The molecule has 0 bridgehead atoms. The van der Waals surface area contributed by atoms with Gasteiger partial charge >= 0.3 is 6.03 Å². The molecule has 0 unspecified atom stereocenters. The number of hydrogen-bond acceptors (Lipinski definition) is 2. The van der Waals surface area contributed by atoms with Gasteiger partial charge in [0.25, 0.3) is 0 Å². The maximum absolute atomic E-state index is 10.8. The molecular formula is C9H9N3O. The largest absolute Gasteiger partial charge is 0.351 e. The molecule has 0 radical (unpaired) electrons. The molecule has 2 N–H and O–H groups in total. The lowest BCUT2D eigenvalue weighted by Gasteiger charge is -2.15. The molecule has 0 atom stereocenters. The van der Waals surface area contributed by atoms with Crippen molar-refractivity contribution in [1.29, 1.82) is 0 Å². The molecule has 2 heterocycles. The van der Waals surface area contributed by atoms with E-state index in [1.165, 1.54) is 4.90 Å². The standard InChI is InChI=1S/C9H9N3O/c10-9(13)12-4-2-7-1-3-11-5-8(7)6-12/h1-3,5-6H,4H2,(H2,10,13). The minimum absolute atomic E-state index is 0.439. The van der Waals surface area contributed by atoms with Crippen molar-refractivity contribution in [2.45, 2.75) is 0 Å². The van der Waals surface area contributed by atoms with Gasteiger partial charge in [-0.25, -0.2) is 4.79 Å². The molecule has 0 spiro atoms. The van der Waals surface area contributed by atoms with Crippen LogP contribution < -0.4 is 16.2 Å². The molecule has 2 amide bonds. The number of nitrogens with zero attached hydrogens (tertiary/aromatic N) is 2. The van der Waals surface area contributed by atoms with Crippen LogP contribution in [0.25, 0.3) is 12.3 Å². The van der Waals surface area contributed by atoms with Crippen LogP contribution in [0.4, 0.5) is 4.79 Å². The minimum atomic E-state index is -0.439. The summed E-state index contributed by atoms with van der Waals surface area (Å²) in [5, 5.41) is 2.01. The fraction of sp³-hybridized carbons (Fsp3) is 0.111. The third-order valence-corrected chi connectivity index (χ3v) is 1.97. The van der Waals surface area contributed by atoms with E-state index in [0.717, 1.165) is 10.4 Å². The summed E-state index contributed by atoms with van der Waals surface area (Å²) in [6, 6.07) is 1.47. The third kappa shape index (κ3) is 1.38. The van der Waals surface area contributed by atoms with Gasteiger partial charge in [0.2, 0.25) is 0 Å². The molecule has 1 aliphatic rings. The van der Waals surface area contributed by atoms with Gasteiger partial charge in [0.15, 0.2) is 0 Å². The summed E-state index contributed by atoms with van der Waals surface area (Å²) < 4.78 is 0. The van der Waals surface area contributed by atoms with Gasteiger partial charge < -0.3 is 5.73 Å². The first-order valence-corrected chi connectivity index (χ1v) is 3.95. The van der Waals surface area contributed by atoms with Crippen molar-refractivity contribution in [3.8, 4) is 0 Å². The van der Waals surface area contributed by atoms with E-state index in [1.807, 2.05) is 12.1 Å². The Balaban J connectivity index is 2.55. The summed E-state index contributed by atoms with van der Waals surface area (Å²) in [4.78, 5) is 16.3. The van der Waals surface area contributed by atoms with E-state index in [1.54, 1.807) is 18.6 Å². The first kappa shape index (κ1) is 7.79. The summed E-state index contributed by atoms with van der Waals surface area (Å²) in [7, 11) is 0. The van der Waals surface area contributed by atoms with Crippen LogP contribution >= 0.6 is 0 Å². The smallest absolute Gasteiger partial charge is 0.319 e. The molecule has 0 aliphatic carbocycles. The maximum atomic E-state index is 10.8. The first-order valence-electron chi connectivity index (χ1n) is 3.95. The molecule has 4 nitrogen and oxygen atoms in total. The van der Waals surface area contributed by atoms with Crippen LogP contribution in [-0.4, -0.2) is 22.5 Å². The highest BCUT2D eigenvalue weighted by molar-refractivity contribution is 5.77. The van der Waals surface area contributed by atoms with Gasteiger partial charge in [-0.3, -0.25) is 9.88 Å². The van der Waals surface area contributed by atoms with Crippen molar-refractivity contribution < 1.29 is 4.79 Å². The molecule has 1 aliphatic heterocycles. The molecule has 4 heteroatoms. The van der Waals surface area contributed by atoms with E-state index in [9.17, 15) is 4.79 Å². The van der Waals surface area contributed by atoms with Crippen LogP contribution in [0, 0.1) is 0 Å². The van der Waals surface area contributed by atoms with Gasteiger partial charge in [-0.15, -0.1) is 0 Å². The monoisotopic (exact) mass is 175 g/mol. The number of amides is 2. The van der Waals surface area contributed by atoms with Gasteiger partial charge in [0, 0.05) is 30.4 Å². The quantitative estimate of drug-likeness (QED) is 0.549. The van der Waals surface area contributed by atoms with E-state index in [0.29, 0.717) is 6.54 Å². The number of urea groups is 1. The van der Waals surface area contributed by atoms with Crippen molar-refractivity contribution in [1.82, 2.24) is 9.88 Å². The van der Waals surface area contributed by atoms with Crippen LogP contribution in [0.2, 0.25) is 0 Å². The van der Waals surface area contributed by atoms with Crippen molar-refractivity contribution in [3.05, 3.63) is 28.9 Å². The molecule has 66 valence electrons. The number of rotatable bonds is 0. The molecule has 0 fully saturated rings. The zero-order valence-electron chi connectivity index (χ0n) is 6.97. The number of hydrogen-bond donors (Lipinski definition) is 1. The average molecular weight is 175 g/mol. The minimum Gasteiger partial charge on any atom is -0.351 e. The summed E-state index contributed by atoms with van der Waals surface area (Å²) in [6.45, 7) is 0.534. The molecule has 0 aromatic carbocycles. The Morgan fingerprint density at radius 2 is 2.38 bits per heavy atom.